The number of nitrogens with zero attached hydrogens (tertiary/aromatic N) is 5. The number of carbonyl (C=O) groups excluding carboxylic acids is 2. The normalized spacial score (nSPS) is 17.5. The topological polar surface area (TPSA) is 72.6 Å². The molecule has 3 aromatic rings. The zero-order valence-corrected chi connectivity index (χ0v) is 18.0. The molecular weight excluding hydrogens is 406 g/mol. The van der Waals surface area contributed by atoms with Crippen molar-refractivity contribution in [2.24, 2.45) is 5.92 Å². The molecule has 0 spiro atoms. The van der Waals surface area contributed by atoms with Gasteiger partial charge >= 0.3 is 0 Å². The van der Waals surface area contributed by atoms with Gasteiger partial charge in [-0.1, -0.05) is 18.2 Å². The summed E-state index contributed by atoms with van der Waals surface area (Å²) in [5.41, 5.74) is 1.45. The number of piperidine rings is 1. The third kappa shape index (κ3) is 3.93. The molecule has 166 valence electrons. The molecule has 2 aliphatic rings. The van der Waals surface area contributed by atoms with Gasteiger partial charge in [0.2, 0.25) is 5.91 Å². The van der Waals surface area contributed by atoms with Crippen LogP contribution in [0.1, 0.15) is 23.2 Å². The van der Waals surface area contributed by atoms with Gasteiger partial charge in [0.25, 0.3) is 5.91 Å². The number of rotatable bonds is 4. The van der Waals surface area contributed by atoms with Gasteiger partial charge in [-0.05, 0) is 37.1 Å². The Morgan fingerprint density at radius 1 is 0.875 bits per heavy atom. The van der Waals surface area contributed by atoms with Gasteiger partial charge in [-0.3, -0.25) is 9.59 Å². The minimum absolute atomic E-state index is 0.0203. The predicted octanol–water partition coefficient (Wildman–Crippen LogP) is 2.37. The van der Waals surface area contributed by atoms with E-state index in [1.165, 1.54) is 0 Å². The molecule has 2 amide bonds. The molecule has 4 heterocycles. The maximum Gasteiger partial charge on any atom is 0.259 e. The third-order valence-electron chi connectivity index (χ3n) is 6.28. The average Bonchev–Trinajstić information content (AvgIpc) is 3.54. The zero-order valence-electron chi connectivity index (χ0n) is 18.0. The number of hydrogen-bond donors (Lipinski definition) is 0. The van der Waals surface area contributed by atoms with Crippen LogP contribution in [0.3, 0.4) is 0 Å². The summed E-state index contributed by atoms with van der Waals surface area (Å²) in [6.45, 7) is 3.68. The number of morpholine rings is 1. The van der Waals surface area contributed by atoms with Gasteiger partial charge in [-0.2, -0.15) is 5.10 Å². The summed E-state index contributed by atoms with van der Waals surface area (Å²) in [6, 6.07) is 13.7. The molecule has 0 aliphatic carbocycles. The molecule has 2 aliphatic heterocycles. The van der Waals surface area contributed by atoms with E-state index >= 15 is 0 Å². The van der Waals surface area contributed by atoms with Gasteiger partial charge < -0.3 is 19.1 Å². The van der Waals surface area contributed by atoms with E-state index in [0.717, 1.165) is 11.5 Å². The lowest BCUT2D eigenvalue weighted by molar-refractivity contribution is -0.141. The molecule has 2 aromatic heterocycles. The zero-order chi connectivity index (χ0) is 21.9. The lowest BCUT2D eigenvalue weighted by atomic mass is 9.94. The van der Waals surface area contributed by atoms with E-state index in [1.54, 1.807) is 10.9 Å². The molecule has 5 rings (SSSR count). The summed E-state index contributed by atoms with van der Waals surface area (Å²) >= 11 is 0. The Labute approximate surface area is 187 Å². The van der Waals surface area contributed by atoms with Gasteiger partial charge in [-0.25, -0.2) is 4.68 Å². The number of aromatic nitrogens is 3. The first-order valence-corrected chi connectivity index (χ1v) is 11.1. The van der Waals surface area contributed by atoms with Crippen molar-refractivity contribution in [2.45, 2.75) is 12.8 Å². The largest absolute Gasteiger partial charge is 0.378 e. The lowest BCUT2D eigenvalue weighted by Gasteiger charge is -2.35. The van der Waals surface area contributed by atoms with Crippen LogP contribution in [0.25, 0.3) is 11.5 Å². The van der Waals surface area contributed by atoms with Crippen molar-refractivity contribution in [3.05, 3.63) is 66.6 Å². The second-order valence-electron chi connectivity index (χ2n) is 8.22. The highest BCUT2D eigenvalue weighted by molar-refractivity contribution is 5.97. The van der Waals surface area contributed by atoms with Gasteiger partial charge in [0, 0.05) is 44.5 Å². The molecule has 0 saturated carbocycles. The molecule has 0 atom stereocenters. The molecule has 8 heteroatoms. The first-order chi connectivity index (χ1) is 15.7. The van der Waals surface area contributed by atoms with Crippen LogP contribution in [0, 0.1) is 5.92 Å². The summed E-state index contributed by atoms with van der Waals surface area (Å²) in [4.78, 5) is 30.1. The summed E-state index contributed by atoms with van der Waals surface area (Å²) in [5.74, 6) is 0.851. The predicted molar refractivity (Wildman–Crippen MR) is 119 cm³/mol. The molecule has 0 N–H and O–H groups in total. The average molecular weight is 434 g/mol. The maximum absolute atomic E-state index is 13.5. The van der Waals surface area contributed by atoms with E-state index in [0.29, 0.717) is 57.8 Å². The number of ether oxygens (including phenoxy) is 1. The Bertz CT molecular complexity index is 1060. The first kappa shape index (κ1) is 20.5. The van der Waals surface area contributed by atoms with Crippen molar-refractivity contribution >= 4 is 11.8 Å². The lowest BCUT2D eigenvalue weighted by Crippen LogP contribution is -2.47. The van der Waals surface area contributed by atoms with Crippen LogP contribution < -0.4 is 0 Å². The molecule has 32 heavy (non-hydrogen) atoms. The van der Waals surface area contributed by atoms with Gasteiger partial charge in [0.1, 0.15) is 5.56 Å². The molecule has 0 bridgehead atoms. The van der Waals surface area contributed by atoms with E-state index < -0.39 is 0 Å². The quantitative estimate of drug-likeness (QED) is 0.633. The van der Waals surface area contributed by atoms with E-state index in [9.17, 15) is 9.59 Å². The standard InChI is InChI=1S/C24H27N5O3/c30-23(28-14-16-32-17-15-28)19-8-12-27(13-9-19)24(31)21-18-25-29(20-6-2-1-3-7-20)22(21)26-10-4-5-11-26/h1-7,10-11,18-19H,8-9,12-17H2. The summed E-state index contributed by atoms with van der Waals surface area (Å²) in [5, 5.41) is 4.54. The third-order valence-corrected chi connectivity index (χ3v) is 6.28. The Morgan fingerprint density at radius 3 is 2.25 bits per heavy atom. The second kappa shape index (κ2) is 9.00. The highest BCUT2D eigenvalue weighted by Gasteiger charge is 2.32. The van der Waals surface area contributed by atoms with E-state index in [1.807, 2.05) is 69.2 Å². The Kier molecular flexibility index (Phi) is 5.77. The highest BCUT2D eigenvalue weighted by atomic mass is 16.5. The fourth-order valence-electron chi connectivity index (χ4n) is 4.52. The Morgan fingerprint density at radius 2 is 1.56 bits per heavy atom. The van der Waals surface area contributed by atoms with Crippen LogP contribution >= 0.6 is 0 Å². The van der Waals surface area contributed by atoms with Crippen molar-refractivity contribution in [1.82, 2.24) is 24.1 Å². The molecule has 2 saturated heterocycles. The van der Waals surface area contributed by atoms with Crippen LogP contribution in [-0.2, 0) is 9.53 Å². The van der Waals surface area contributed by atoms with Crippen molar-refractivity contribution in [3.63, 3.8) is 0 Å². The van der Waals surface area contributed by atoms with Crippen LogP contribution in [0.2, 0.25) is 0 Å². The molecule has 8 nitrogen and oxygen atoms in total. The Balaban J connectivity index is 1.34. The number of benzene rings is 1. The summed E-state index contributed by atoms with van der Waals surface area (Å²) in [6.07, 6.45) is 6.86. The van der Waals surface area contributed by atoms with Crippen LogP contribution in [0.5, 0.6) is 0 Å². The molecule has 1 aromatic carbocycles. The van der Waals surface area contributed by atoms with E-state index in [2.05, 4.69) is 5.10 Å². The van der Waals surface area contributed by atoms with Gasteiger partial charge in [0.15, 0.2) is 5.82 Å². The summed E-state index contributed by atoms with van der Waals surface area (Å²) < 4.78 is 9.07. The van der Waals surface area contributed by atoms with Crippen LogP contribution in [0.15, 0.2) is 61.1 Å². The Hall–Kier alpha value is -3.39. The van der Waals surface area contributed by atoms with Crippen LogP contribution in [0.4, 0.5) is 0 Å². The van der Waals surface area contributed by atoms with Gasteiger partial charge in [0.05, 0.1) is 25.1 Å². The van der Waals surface area contributed by atoms with Crippen LogP contribution in [-0.4, -0.2) is 75.4 Å². The number of carbonyl (C=O) groups is 2. The minimum atomic E-state index is -0.0480. The number of likely N-dealkylation sites (tertiary alicyclic amines) is 1. The first-order valence-electron chi connectivity index (χ1n) is 11.1. The van der Waals surface area contributed by atoms with Crippen molar-refractivity contribution in [1.29, 1.82) is 0 Å². The van der Waals surface area contributed by atoms with Crippen molar-refractivity contribution < 1.29 is 14.3 Å². The number of hydrogen-bond acceptors (Lipinski definition) is 4. The minimum Gasteiger partial charge on any atom is -0.378 e. The fourth-order valence-corrected chi connectivity index (χ4v) is 4.52. The molecule has 0 radical (unpaired) electrons. The maximum atomic E-state index is 13.5. The van der Waals surface area contributed by atoms with Crippen molar-refractivity contribution in [3.8, 4) is 11.5 Å². The summed E-state index contributed by atoms with van der Waals surface area (Å²) in [7, 11) is 0. The highest BCUT2D eigenvalue weighted by Crippen LogP contribution is 2.25. The van der Waals surface area contributed by atoms with E-state index in [-0.39, 0.29) is 17.7 Å². The van der Waals surface area contributed by atoms with E-state index in [4.69, 9.17) is 4.74 Å². The smallest absolute Gasteiger partial charge is 0.259 e. The second-order valence-corrected chi connectivity index (χ2v) is 8.22. The fraction of sp³-hybridized carbons (Fsp3) is 0.375. The SMILES string of the molecule is O=C(c1cnn(-c2ccccc2)c1-n1cccc1)N1CCC(C(=O)N2CCOCC2)CC1. The molecule has 2 fully saturated rings. The molecular formula is C24H27N5O3. The molecule has 0 unspecified atom stereocenters. The monoisotopic (exact) mass is 433 g/mol. The van der Waals surface area contributed by atoms with Gasteiger partial charge in [-0.15, -0.1) is 0 Å². The number of para-hydroxylation sites is 1. The number of amides is 2. The van der Waals surface area contributed by atoms with Crippen molar-refractivity contribution in [2.75, 3.05) is 39.4 Å².